The first-order valence-electron chi connectivity index (χ1n) is 8.39. The quantitative estimate of drug-likeness (QED) is 0.444. The molecule has 2 aromatic heterocycles. The summed E-state index contributed by atoms with van der Waals surface area (Å²) < 4.78 is 10.9. The van der Waals surface area contributed by atoms with Crippen molar-refractivity contribution >= 4 is 11.6 Å². The number of ether oxygens (including phenoxy) is 1. The summed E-state index contributed by atoms with van der Waals surface area (Å²) in [7, 11) is 0. The van der Waals surface area contributed by atoms with Gasteiger partial charge in [0.2, 0.25) is 5.82 Å². The Hall–Kier alpha value is -3.29. The number of aliphatic imine (C=N–C) groups is 1. The fourth-order valence-corrected chi connectivity index (χ4v) is 2.28. The van der Waals surface area contributed by atoms with Crippen molar-refractivity contribution in [2.75, 3.05) is 11.9 Å². The Bertz CT molecular complexity index is 837. The molecule has 2 heterocycles. The lowest BCUT2D eigenvalue weighted by molar-refractivity contribution is 0.242. The summed E-state index contributed by atoms with van der Waals surface area (Å²) in [6.45, 7) is 4.46. The first-order chi connectivity index (χ1) is 12.6. The average molecular weight is 354 g/mol. The molecule has 0 aliphatic heterocycles. The van der Waals surface area contributed by atoms with Gasteiger partial charge in [-0.25, -0.2) is 4.98 Å². The molecule has 0 unspecified atom stereocenters. The van der Waals surface area contributed by atoms with Gasteiger partial charge in [-0.2, -0.15) is 5.10 Å². The van der Waals surface area contributed by atoms with Crippen LogP contribution in [0.3, 0.4) is 0 Å². The van der Waals surface area contributed by atoms with Crippen LogP contribution in [0.5, 0.6) is 5.75 Å². The fraction of sp³-hybridized carbons (Fsp3) is 0.278. The van der Waals surface area contributed by atoms with Gasteiger partial charge in [0.1, 0.15) is 11.6 Å². The first kappa shape index (κ1) is 17.5. The standard InChI is InChI=1S/C18H22N6O2/c1-12(2)26-14-7-5-13(6-8-14)21-18(19)20-10-9-16-22-17(24-23-16)15-4-3-11-25-15/h3-8,11-12H,9-10H2,1-2H3,(H3,19,20,21)(H,22,23,24). The van der Waals surface area contributed by atoms with Crippen molar-refractivity contribution in [2.45, 2.75) is 26.4 Å². The molecule has 8 heteroatoms. The maximum absolute atomic E-state index is 5.92. The predicted molar refractivity (Wildman–Crippen MR) is 100 cm³/mol. The molecule has 4 N–H and O–H groups in total. The predicted octanol–water partition coefficient (Wildman–Crippen LogP) is 2.82. The second-order valence-electron chi connectivity index (χ2n) is 5.92. The highest BCUT2D eigenvalue weighted by Crippen LogP contribution is 2.17. The van der Waals surface area contributed by atoms with E-state index in [-0.39, 0.29) is 6.10 Å². The number of aromatic nitrogens is 3. The van der Waals surface area contributed by atoms with E-state index in [9.17, 15) is 0 Å². The monoisotopic (exact) mass is 354 g/mol. The van der Waals surface area contributed by atoms with Crippen LogP contribution in [0.2, 0.25) is 0 Å². The summed E-state index contributed by atoms with van der Waals surface area (Å²) >= 11 is 0. The maximum Gasteiger partial charge on any atom is 0.216 e. The number of H-pyrrole nitrogens is 1. The van der Waals surface area contributed by atoms with Crippen LogP contribution in [0.1, 0.15) is 19.7 Å². The highest BCUT2D eigenvalue weighted by molar-refractivity contribution is 5.92. The van der Waals surface area contributed by atoms with Crippen LogP contribution in [0, 0.1) is 0 Å². The Morgan fingerprint density at radius 2 is 2.12 bits per heavy atom. The van der Waals surface area contributed by atoms with Crippen molar-refractivity contribution in [3.8, 4) is 17.3 Å². The number of nitrogens with two attached hydrogens (primary N) is 1. The van der Waals surface area contributed by atoms with E-state index < -0.39 is 0 Å². The minimum atomic E-state index is 0.143. The average Bonchev–Trinajstić information content (AvgIpc) is 3.27. The second-order valence-corrected chi connectivity index (χ2v) is 5.92. The molecule has 8 nitrogen and oxygen atoms in total. The van der Waals surface area contributed by atoms with Gasteiger partial charge in [0, 0.05) is 18.7 Å². The van der Waals surface area contributed by atoms with Gasteiger partial charge in [0.25, 0.3) is 0 Å². The molecule has 0 aliphatic rings. The Morgan fingerprint density at radius 1 is 1.31 bits per heavy atom. The van der Waals surface area contributed by atoms with E-state index in [0.717, 1.165) is 17.3 Å². The van der Waals surface area contributed by atoms with Gasteiger partial charge in [0.15, 0.2) is 11.7 Å². The topological polar surface area (TPSA) is 114 Å². The number of anilines is 1. The molecule has 26 heavy (non-hydrogen) atoms. The molecule has 0 radical (unpaired) electrons. The van der Waals surface area contributed by atoms with Crippen molar-refractivity contribution < 1.29 is 9.15 Å². The van der Waals surface area contributed by atoms with Crippen LogP contribution in [-0.4, -0.2) is 33.8 Å². The number of rotatable bonds is 7. The third-order valence-corrected chi connectivity index (χ3v) is 3.40. The summed E-state index contributed by atoms with van der Waals surface area (Å²) in [6.07, 6.45) is 2.32. The maximum atomic E-state index is 5.92. The molecule has 0 atom stereocenters. The van der Waals surface area contributed by atoms with Gasteiger partial charge in [-0.1, -0.05) is 0 Å². The Labute approximate surface area is 151 Å². The number of nitrogens with one attached hydrogen (secondary N) is 2. The van der Waals surface area contributed by atoms with Crippen LogP contribution in [0.25, 0.3) is 11.6 Å². The van der Waals surface area contributed by atoms with Crippen molar-refractivity contribution in [1.82, 2.24) is 15.2 Å². The Kier molecular flexibility index (Phi) is 5.52. The van der Waals surface area contributed by atoms with Crippen molar-refractivity contribution in [1.29, 1.82) is 0 Å². The van der Waals surface area contributed by atoms with E-state index in [1.165, 1.54) is 0 Å². The number of furan rings is 1. The number of hydrogen-bond acceptors (Lipinski definition) is 5. The normalized spacial score (nSPS) is 11.7. The minimum absolute atomic E-state index is 0.143. The van der Waals surface area contributed by atoms with E-state index in [1.54, 1.807) is 12.3 Å². The Morgan fingerprint density at radius 3 is 2.81 bits per heavy atom. The van der Waals surface area contributed by atoms with Gasteiger partial charge in [0.05, 0.1) is 12.4 Å². The second kappa shape index (κ2) is 8.19. The number of aromatic amines is 1. The zero-order valence-electron chi connectivity index (χ0n) is 14.8. The van der Waals surface area contributed by atoms with Crippen LogP contribution >= 0.6 is 0 Å². The lowest BCUT2D eigenvalue weighted by Crippen LogP contribution is -2.23. The number of hydrogen-bond donors (Lipinski definition) is 3. The molecule has 0 bridgehead atoms. The molecule has 0 fully saturated rings. The Balaban J connectivity index is 1.49. The molecule has 0 aliphatic carbocycles. The smallest absolute Gasteiger partial charge is 0.216 e. The lowest BCUT2D eigenvalue weighted by atomic mass is 10.3. The summed E-state index contributed by atoms with van der Waals surface area (Å²) in [5.41, 5.74) is 6.77. The van der Waals surface area contributed by atoms with Gasteiger partial charge < -0.3 is 20.2 Å². The van der Waals surface area contributed by atoms with E-state index in [2.05, 4.69) is 25.5 Å². The summed E-state index contributed by atoms with van der Waals surface area (Å²) in [6, 6.07) is 11.2. The van der Waals surface area contributed by atoms with E-state index in [0.29, 0.717) is 30.5 Å². The molecular weight excluding hydrogens is 332 g/mol. The molecule has 1 aromatic carbocycles. The van der Waals surface area contributed by atoms with Crippen LogP contribution < -0.4 is 15.8 Å². The third kappa shape index (κ3) is 4.85. The molecular formula is C18H22N6O2. The van der Waals surface area contributed by atoms with Crippen molar-refractivity contribution in [2.24, 2.45) is 10.7 Å². The van der Waals surface area contributed by atoms with Crippen molar-refractivity contribution in [3.63, 3.8) is 0 Å². The van der Waals surface area contributed by atoms with Gasteiger partial charge in [-0.15, -0.1) is 0 Å². The molecule has 0 spiro atoms. The van der Waals surface area contributed by atoms with Gasteiger partial charge in [-0.3, -0.25) is 10.1 Å². The summed E-state index contributed by atoms with van der Waals surface area (Å²) in [5, 5.41) is 10.0. The zero-order valence-corrected chi connectivity index (χ0v) is 14.8. The zero-order chi connectivity index (χ0) is 18.4. The molecule has 3 rings (SSSR count). The highest BCUT2D eigenvalue weighted by atomic mass is 16.5. The minimum Gasteiger partial charge on any atom is -0.491 e. The largest absolute Gasteiger partial charge is 0.491 e. The van der Waals surface area contributed by atoms with Crippen LogP contribution in [0.15, 0.2) is 52.1 Å². The molecule has 3 aromatic rings. The molecule has 0 amide bonds. The molecule has 136 valence electrons. The van der Waals surface area contributed by atoms with Gasteiger partial charge in [-0.05, 0) is 50.2 Å². The summed E-state index contributed by atoms with van der Waals surface area (Å²) in [5.74, 6) is 3.04. The van der Waals surface area contributed by atoms with Crippen LogP contribution in [0.4, 0.5) is 5.69 Å². The summed E-state index contributed by atoms with van der Waals surface area (Å²) in [4.78, 5) is 8.66. The molecule has 0 saturated heterocycles. The van der Waals surface area contributed by atoms with Gasteiger partial charge >= 0.3 is 0 Å². The third-order valence-electron chi connectivity index (χ3n) is 3.40. The fourth-order valence-electron chi connectivity index (χ4n) is 2.28. The van der Waals surface area contributed by atoms with E-state index in [1.807, 2.05) is 44.2 Å². The SMILES string of the molecule is CC(C)Oc1ccc(NC(N)=NCCc2nc(-c3ccco3)n[nH]2)cc1. The lowest BCUT2D eigenvalue weighted by Gasteiger charge is -2.10. The van der Waals surface area contributed by atoms with E-state index >= 15 is 0 Å². The van der Waals surface area contributed by atoms with Crippen LogP contribution in [-0.2, 0) is 6.42 Å². The highest BCUT2D eigenvalue weighted by Gasteiger charge is 2.07. The number of benzene rings is 1. The first-order valence-corrected chi connectivity index (χ1v) is 8.39. The van der Waals surface area contributed by atoms with Crippen molar-refractivity contribution in [3.05, 3.63) is 48.5 Å². The molecule has 0 saturated carbocycles. The number of guanidine groups is 1. The van der Waals surface area contributed by atoms with E-state index in [4.69, 9.17) is 14.9 Å². The number of nitrogens with zero attached hydrogens (tertiary/aromatic N) is 3.